The van der Waals surface area contributed by atoms with Crippen LogP contribution in [0, 0.1) is 0 Å². The molecule has 4 aromatic rings. The van der Waals surface area contributed by atoms with Crippen molar-refractivity contribution >= 4 is 17.6 Å². The second kappa shape index (κ2) is 17.3. The van der Waals surface area contributed by atoms with Crippen LogP contribution in [0.5, 0.6) is 11.5 Å². The standard InChI is InChI=1S/C36H41N3O2/c1-2-3-4-5-6-13-20-33(38-39-36-21-14-15-26-37-36)24-22-30-23-25-34(40-28-31-16-9-7-10-17-31)35(27-30)41-29-32-18-11-8-12-19-32/h7-12,14-19,21-27H,2-6,13,20,28-29H2,1H3,(H,37,39)/b24-22+,38-33-. The quantitative estimate of drug-likeness (QED) is 0.0812. The Morgan fingerprint density at radius 1 is 0.732 bits per heavy atom. The molecule has 5 nitrogen and oxygen atoms in total. The van der Waals surface area contributed by atoms with Gasteiger partial charge >= 0.3 is 0 Å². The van der Waals surface area contributed by atoms with E-state index in [9.17, 15) is 0 Å². The SMILES string of the molecule is CCCCCCCCC(/C=C/c1ccc(OCc2ccccc2)c(OCc2ccccc2)c1)=N/Nc1ccccn1. The summed E-state index contributed by atoms with van der Waals surface area (Å²) in [4.78, 5) is 4.33. The van der Waals surface area contributed by atoms with Crippen molar-refractivity contribution in [3.63, 3.8) is 0 Å². The monoisotopic (exact) mass is 547 g/mol. The van der Waals surface area contributed by atoms with Crippen molar-refractivity contribution in [2.75, 3.05) is 5.43 Å². The highest BCUT2D eigenvalue weighted by molar-refractivity contribution is 5.98. The third-order valence-electron chi connectivity index (χ3n) is 6.68. The predicted octanol–water partition coefficient (Wildman–Crippen LogP) is 9.47. The third-order valence-corrected chi connectivity index (χ3v) is 6.68. The lowest BCUT2D eigenvalue weighted by Crippen LogP contribution is -2.01. The summed E-state index contributed by atoms with van der Waals surface area (Å²) >= 11 is 0. The maximum Gasteiger partial charge on any atom is 0.162 e. The fourth-order valence-corrected chi connectivity index (χ4v) is 4.34. The van der Waals surface area contributed by atoms with Crippen molar-refractivity contribution < 1.29 is 9.47 Å². The van der Waals surface area contributed by atoms with Crippen molar-refractivity contribution in [2.45, 2.75) is 65.1 Å². The Balaban J connectivity index is 1.48. The molecule has 0 atom stereocenters. The van der Waals surface area contributed by atoms with Gasteiger partial charge < -0.3 is 9.47 Å². The van der Waals surface area contributed by atoms with E-state index < -0.39 is 0 Å². The van der Waals surface area contributed by atoms with Gasteiger partial charge in [0.05, 0.1) is 5.71 Å². The zero-order valence-corrected chi connectivity index (χ0v) is 24.0. The molecule has 0 aliphatic carbocycles. The molecule has 0 aliphatic rings. The second-order valence-electron chi connectivity index (χ2n) is 10.0. The number of rotatable bonds is 17. The van der Waals surface area contributed by atoms with Gasteiger partial charge in [-0.3, -0.25) is 5.43 Å². The summed E-state index contributed by atoms with van der Waals surface area (Å²) in [5, 5.41) is 4.68. The topological polar surface area (TPSA) is 55.7 Å². The predicted molar refractivity (Wildman–Crippen MR) is 170 cm³/mol. The van der Waals surface area contributed by atoms with Crippen molar-refractivity contribution in [3.8, 4) is 11.5 Å². The van der Waals surface area contributed by atoms with E-state index in [0.717, 1.165) is 46.8 Å². The van der Waals surface area contributed by atoms with Crippen molar-refractivity contribution in [1.82, 2.24) is 4.98 Å². The summed E-state index contributed by atoms with van der Waals surface area (Å²) in [6, 6.07) is 32.2. The molecule has 1 aromatic heterocycles. The van der Waals surface area contributed by atoms with Crippen molar-refractivity contribution in [2.24, 2.45) is 5.10 Å². The van der Waals surface area contributed by atoms with Crippen LogP contribution in [0.3, 0.4) is 0 Å². The minimum Gasteiger partial charge on any atom is -0.485 e. The normalized spacial score (nSPS) is 11.5. The Morgan fingerprint density at radius 2 is 1.39 bits per heavy atom. The Hall–Kier alpha value is -4.38. The summed E-state index contributed by atoms with van der Waals surface area (Å²) in [7, 11) is 0. The highest BCUT2D eigenvalue weighted by atomic mass is 16.5. The first kappa shape index (κ1) is 29.6. The maximum atomic E-state index is 6.27. The van der Waals surface area contributed by atoms with Crippen LogP contribution in [-0.2, 0) is 13.2 Å². The lowest BCUT2D eigenvalue weighted by Gasteiger charge is -2.14. The molecule has 0 spiro atoms. The molecule has 0 aliphatic heterocycles. The van der Waals surface area contributed by atoms with Gasteiger partial charge in [0.25, 0.3) is 0 Å². The number of hydrazone groups is 1. The summed E-state index contributed by atoms with van der Waals surface area (Å²) in [5.41, 5.74) is 7.34. The van der Waals surface area contributed by atoms with Gasteiger partial charge in [0.1, 0.15) is 19.0 Å². The van der Waals surface area contributed by atoms with E-state index in [1.165, 1.54) is 32.1 Å². The van der Waals surface area contributed by atoms with Crippen LogP contribution in [-0.4, -0.2) is 10.7 Å². The first-order valence-corrected chi connectivity index (χ1v) is 14.7. The number of aromatic nitrogens is 1. The van der Waals surface area contributed by atoms with Crippen LogP contribution in [0.4, 0.5) is 5.82 Å². The fourth-order valence-electron chi connectivity index (χ4n) is 4.34. The Kier molecular flexibility index (Phi) is 12.5. The Morgan fingerprint density at radius 3 is 2.07 bits per heavy atom. The molecule has 212 valence electrons. The first-order valence-electron chi connectivity index (χ1n) is 14.7. The molecule has 4 rings (SSSR count). The van der Waals surface area contributed by atoms with E-state index in [0.29, 0.717) is 19.0 Å². The van der Waals surface area contributed by atoms with Gasteiger partial charge in [-0.2, -0.15) is 5.10 Å². The van der Waals surface area contributed by atoms with E-state index in [2.05, 4.69) is 64.9 Å². The Labute approximate surface area is 245 Å². The van der Waals surface area contributed by atoms with Crippen LogP contribution in [0.25, 0.3) is 6.08 Å². The van der Waals surface area contributed by atoms with Gasteiger partial charge in [-0.15, -0.1) is 0 Å². The first-order chi connectivity index (χ1) is 20.3. The van der Waals surface area contributed by atoms with Gasteiger partial charge in [0.15, 0.2) is 11.5 Å². The average molecular weight is 548 g/mol. The molecule has 0 fully saturated rings. The summed E-state index contributed by atoms with van der Waals surface area (Å²) < 4.78 is 12.4. The molecule has 0 saturated carbocycles. The van der Waals surface area contributed by atoms with Crippen LogP contribution in [0.1, 0.15) is 68.6 Å². The van der Waals surface area contributed by atoms with E-state index in [-0.39, 0.29) is 0 Å². The van der Waals surface area contributed by atoms with Crippen molar-refractivity contribution in [1.29, 1.82) is 0 Å². The molecule has 1 heterocycles. The highest BCUT2D eigenvalue weighted by Gasteiger charge is 2.08. The maximum absolute atomic E-state index is 6.27. The summed E-state index contributed by atoms with van der Waals surface area (Å²) in [6.45, 7) is 3.19. The lowest BCUT2D eigenvalue weighted by atomic mass is 10.1. The van der Waals surface area contributed by atoms with E-state index in [1.807, 2.05) is 66.7 Å². The largest absolute Gasteiger partial charge is 0.485 e. The molecular weight excluding hydrogens is 506 g/mol. The van der Waals surface area contributed by atoms with E-state index in [4.69, 9.17) is 9.47 Å². The second-order valence-corrected chi connectivity index (χ2v) is 10.0. The number of nitrogens with zero attached hydrogens (tertiary/aromatic N) is 2. The Bertz CT molecular complexity index is 1340. The van der Waals surface area contributed by atoms with Gasteiger partial charge in [-0.1, -0.05) is 118 Å². The van der Waals surface area contributed by atoms with E-state index in [1.54, 1.807) is 6.20 Å². The lowest BCUT2D eigenvalue weighted by molar-refractivity contribution is 0.256. The minimum absolute atomic E-state index is 0.467. The smallest absolute Gasteiger partial charge is 0.162 e. The molecule has 0 saturated heterocycles. The number of pyridine rings is 1. The molecule has 41 heavy (non-hydrogen) atoms. The molecule has 0 bridgehead atoms. The zero-order chi connectivity index (χ0) is 28.4. The van der Waals surface area contributed by atoms with Crippen LogP contribution < -0.4 is 14.9 Å². The molecule has 0 unspecified atom stereocenters. The number of nitrogens with one attached hydrogen (secondary N) is 1. The number of hydrogen-bond acceptors (Lipinski definition) is 5. The molecule has 3 aromatic carbocycles. The van der Waals surface area contributed by atoms with Gasteiger partial charge in [-0.05, 0) is 59.9 Å². The number of hydrogen-bond donors (Lipinski definition) is 1. The number of ether oxygens (including phenoxy) is 2. The number of allylic oxidation sites excluding steroid dienone is 1. The van der Waals surface area contributed by atoms with Crippen LogP contribution in [0.15, 0.2) is 114 Å². The molecule has 5 heteroatoms. The fraction of sp³-hybridized carbons (Fsp3) is 0.278. The van der Waals surface area contributed by atoms with Crippen LogP contribution in [0.2, 0.25) is 0 Å². The van der Waals surface area contributed by atoms with Crippen LogP contribution >= 0.6 is 0 Å². The number of unbranched alkanes of at least 4 members (excludes halogenated alkanes) is 5. The zero-order valence-electron chi connectivity index (χ0n) is 24.0. The van der Waals surface area contributed by atoms with E-state index >= 15 is 0 Å². The number of anilines is 1. The molecule has 1 N–H and O–H groups in total. The average Bonchev–Trinajstić information content (AvgIpc) is 3.03. The van der Waals surface area contributed by atoms with Gasteiger partial charge in [0, 0.05) is 6.20 Å². The molecular formula is C36H41N3O2. The number of benzene rings is 3. The highest BCUT2D eigenvalue weighted by Crippen LogP contribution is 2.30. The third kappa shape index (κ3) is 11.0. The minimum atomic E-state index is 0.467. The van der Waals surface area contributed by atoms with Gasteiger partial charge in [-0.25, -0.2) is 4.98 Å². The van der Waals surface area contributed by atoms with Gasteiger partial charge in [0.2, 0.25) is 0 Å². The van der Waals surface area contributed by atoms with Crippen molar-refractivity contribution in [3.05, 3.63) is 126 Å². The summed E-state index contributed by atoms with van der Waals surface area (Å²) in [5.74, 6) is 2.17. The summed E-state index contributed by atoms with van der Waals surface area (Å²) in [6.07, 6.45) is 14.3. The molecule has 0 radical (unpaired) electrons. The molecule has 0 amide bonds.